The topological polar surface area (TPSA) is 44.7 Å². The van der Waals surface area contributed by atoms with E-state index >= 15 is 0 Å². The first-order chi connectivity index (χ1) is 14.1. The van der Waals surface area contributed by atoms with E-state index in [0.717, 1.165) is 17.7 Å². The van der Waals surface area contributed by atoms with Gasteiger partial charge in [-0.1, -0.05) is 18.5 Å². The van der Waals surface area contributed by atoms with E-state index in [1.165, 1.54) is 29.5 Å². The molecule has 30 heavy (non-hydrogen) atoms. The van der Waals surface area contributed by atoms with Gasteiger partial charge in [0.2, 0.25) is 0 Å². The van der Waals surface area contributed by atoms with E-state index in [2.05, 4.69) is 49.1 Å². The van der Waals surface area contributed by atoms with Crippen LogP contribution in [0.3, 0.4) is 0 Å². The van der Waals surface area contributed by atoms with Crippen molar-refractivity contribution >= 4 is 51.9 Å². The van der Waals surface area contributed by atoms with Gasteiger partial charge in [0.05, 0.1) is 10.6 Å². The van der Waals surface area contributed by atoms with E-state index in [0.29, 0.717) is 26.7 Å². The Balaban J connectivity index is 1.64. The molecule has 7 heteroatoms. The normalized spacial score (nSPS) is 23.1. The van der Waals surface area contributed by atoms with Crippen LogP contribution in [0.2, 0.25) is 5.02 Å². The second-order valence-corrected chi connectivity index (χ2v) is 9.81. The van der Waals surface area contributed by atoms with E-state index in [1.54, 1.807) is 12.1 Å². The highest BCUT2D eigenvalue weighted by Crippen LogP contribution is 2.45. The number of benzene rings is 2. The zero-order valence-corrected chi connectivity index (χ0v) is 18.9. The number of hydrogen-bond acceptors (Lipinski definition) is 4. The van der Waals surface area contributed by atoms with Gasteiger partial charge in [-0.15, -0.1) is 0 Å². The van der Waals surface area contributed by atoms with Gasteiger partial charge < -0.3 is 10.2 Å². The molecule has 156 valence electrons. The number of aliphatic imine (C=N–C) groups is 1. The summed E-state index contributed by atoms with van der Waals surface area (Å²) in [5, 5.41) is 3.82. The van der Waals surface area contributed by atoms with Crippen LogP contribution < -0.4 is 10.2 Å². The van der Waals surface area contributed by atoms with Crippen molar-refractivity contribution in [2.24, 2.45) is 4.99 Å². The molecule has 0 saturated carbocycles. The Kier molecular flexibility index (Phi) is 5.41. The van der Waals surface area contributed by atoms with Gasteiger partial charge in [-0.25, -0.2) is 9.38 Å². The third-order valence-corrected chi connectivity index (χ3v) is 6.98. The second kappa shape index (κ2) is 7.75. The Labute approximate surface area is 185 Å². The number of thioether (sulfide) groups is 1. The van der Waals surface area contributed by atoms with Gasteiger partial charge in [-0.2, -0.15) is 0 Å². The van der Waals surface area contributed by atoms with Crippen molar-refractivity contribution in [3.05, 3.63) is 63.3 Å². The number of rotatable bonds is 2. The van der Waals surface area contributed by atoms with E-state index in [1.807, 2.05) is 12.1 Å². The standard InChI is InChI=1S/C23H23ClFN3OS/c1-13-12-23(2,3)28(4)19-11-18(24)14(9-17(13)19)10-20-21(29)27-22(30-20)26-16-7-5-15(25)6-8-16/h5-11,13H,12H2,1-4H3,(H,26,27,29)/b20-10-. The summed E-state index contributed by atoms with van der Waals surface area (Å²) in [6.07, 6.45) is 2.85. The van der Waals surface area contributed by atoms with E-state index in [4.69, 9.17) is 11.6 Å². The molecule has 1 atom stereocenters. The average Bonchev–Trinajstić information content (AvgIpc) is 3.01. The number of nitrogens with one attached hydrogen (secondary N) is 1. The van der Waals surface area contributed by atoms with Crippen LogP contribution in [-0.2, 0) is 4.79 Å². The SMILES string of the molecule is CC1CC(C)(C)N(C)c2cc(Cl)c(/C=C3\SC(=Nc4ccc(F)cc4)NC3=O)cc21. The average molecular weight is 444 g/mol. The number of fused-ring (bicyclic) bond motifs is 1. The molecule has 1 saturated heterocycles. The number of amides is 1. The number of hydrogen-bond donors (Lipinski definition) is 1. The molecule has 4 rings (SSSR count). The maximum atomic E-state index is 13.1. The Bertz CT molecular complexity index is 1080. The number of carbonyl (C=O) groups is 1. The molecule has 0 radical (unpaired) electrons. The van der Waals surface area contributed by atoms with Crippen LogP contribution in [0.5, 0.6) is 0 Å². The van der Waals surface area contributed by atoms with Crippen molar-refractivity contribution in [1.29, 1.82) is 0 Å². The fourth-order valence-electron chi connectivity index (χ4n) is 3.97. The highest BCUT2D eigenvalue weighted by atomic mass is 35.5. The molecule has 0 aromatic heterocycles. The molecule has 1 N–H and O–H groups in total. The number of nitrogens with zero attached hydrogens (tertiary/aromatic N) is 2. The molecule has 2 aromatic rings. The van der Waals surface area contributed by atoms with Crippen molar-refractivity contribution in [3.63, 3.8) is 0 Å². The van der Waals surface area contributed by atoms with Gasteiger partial charge in [-0.05, 0) is 91.5 Å². The van der Waals surface area contributed by atoms with Crippen molar-refractivity contribution in [3.8, 4) is 0 Å². The van der Waals surface area contributed by atoms with Gasteiger partial charge in [-0.3, -0.25) is 4.79 Å². The Morgan fingerprint density at radius 2 is 2.00 bits per heavy atom. The fourth-order valence-corrected chi connectivity index (χ4v) is 5.01. The summed E-state index contributed by atoms with van der Waals surface area (Å²) in [7, 11) is 2.09. The third-order valence-electron chi connectivity index (χ3n) is 5.75. The summed E-state index contributed by atoms with van der Waals surface area (Å²) < 4.78 is 13.1. The molecule has 2 heterocycles. The minimum atomic E-state index is -0.326. The molecule has 2 aliphatic heterocycles. The number of carbonyl (C=O) groups excluding carboxylic acids is 1. The largest absolute Gasteiger partial charge is 0.369 e. The maximum Gasteiger partial charge on any atom is 0.264 e. The molecule has 0 spiro atoms. The zero-order chi connectivity index (χ0) is 21.6. The Morgan fingerprint density at radius 3 is 2.70 bits per heavy atom. The predicted octanol–water partition coefficient (Wildman–Crippen LogP) is 6.09. The van der Waals surface area contributed by atoms with Crippen LogP contribution in [-0.4, -0.2) is 23.7 Å². The van der Waals surface area contributed by atoms with E-state index < -0.39 is 0 Å². The van der Waals surface area contributed by atoms with Crippen molar-refractivity contribution in [2.75, 3.05) is 11.9 Å². The highest BCUT2D eigenvalue weighted by molar-refractivity contribution is 8.18. The Morgan fingerprint density at radius 1 is 1.30 bits per heavy atom. The van der Waals surface area contributed by atoms with Crippen LogP contribution in [0, 0.1) is 5.82 Å². The molecule has 0 bridgehead atoms. The van der Waals surface area contributed by atoms with Gasteiger partial charge in [0.15, 0.2) is 5.17 Å². The zero-order valence-electron chi connectivity index (χ0n) is 17.3. The predicted molar refractivity (Wildman–Crippen MR) is 124 cm³/mol. The molecule has 2 aliphatic rings. The highest BCUT2D eigenvalue weighted by Gasteiger charge is 2.34. The van der Waals surface area contributed by atoms with Crippen LogP contribution in [0.1, 0.15) is 44.2 Å². The molecule has 4 nitrogen and oxygen atoms in total. The molecule has 1 unspecified atom stereocenters. The first-order valence-electron chi connectivity index (χ1n) is 9.76. The summed E-state index contributed by atoms with van der Waals surface area (Å²) >= 11 is 7.84. The number of halogens is 2. The van der Waals surface area contributed by atoms with Gasteiger partial charge in [0, 0.05) is 23.3 Å². The third kappa shape index (κ3) is 3.98. The maximum absolute atomic E-state index is 13.1. The van der Waals surface area contributed by atoms with Crippen LogP contribution in [0.15, 0.2) is 46.3 Å². The van der Waals surface area contributed by atoms with E-state index in [9.17, 15) is 9.18 Å². The molecule has 1 fully saturated rings. The molecular weight excluding hydrogens is 421 g/mol. The quantitative estimate of drug-likeness (QED) is 0.571. The lowest BCUT2D eigenvalue weighted by molar-refractivity contribution is -0.115. The van der Waals surface area contributed by atoms with Gasteiger partial charge in [0.25, 0.3) is 5.91 Å². The van der Waals surface area contributed by atoms with E-state index in [-0.39, 0.29) is 17.3 Å². The lowest BCUT2D eigenvalue weighted by Gasteiger charge is -2.45. The lowest BCUT2D eigenvalue weighted by atomic mass is 9.80. The first kappa shape index (κ1) is 20.9. The minimum Gasteiger partial charge on any atom is -0.369 e. The lowest BCUT2D eigenvalue weighted by Crippen LogP contribution is -2.45. The van der Waals surface area contributed by atoms with Crippen LogP contribution in [0.25, 0.3) is 6.08 Å². The number of anilines is 1. The van der Waals surface area contributed by atoms with Crippen LogP contribution in [0.4, 0.5) is 15.8 Å². The smallest absolute Gasteiger partial charge is 0.264 e. The molecule has 2 aromatic carbocycles. The van der Waals surface area contributed by atoms with Gasteiger partial charge >= 0.3 is 0 Å². The monoisotopic (exact) mass is 443 g/mol. The van der Waals surface area contributed by atoms with Crippen molar-refractivity contribution in [1.82, 2.24) is 5.32 Å². The Hall–Kier alpha value is -2.31. The second-order valence-electron chi connectivity index (χ2n) is 8.37. The summed E-state index contributed by atoms with van der Waals surface area (Å²) in [5.41, 5.74) is 3.82. The van der Waals surface area contributed by atoms with Crippen molar-refractivity contribution in [2.45, 2.75) is 38.6 Å². The summed E-state index contributed by atoms with van der Waals surface area (Å²) in [6.45, 7) is 6.69. The summed E-state index contributed by atoms with van der Waals surface area (Å²) in [4.78, 5) is 19.6. The summed E-state index contributed by atoms with van der Waals surface area (Å²) in [5.74, 6) is -0.157. The minimum absolute atomic E-state index is 0.0582. The first-order valence-corrected chi connectivity index (χ1v) is 11.0. The summed E-state index contributed by atoms with van der Waals surface area (Å²) in [6, 6.07) is 9.89. The fraction of sp³-hybridized carbons (Fsp3) is 0.304. The molecular formula is C23H23ClFN3OS. The molecule has 0 aliphatic carbocycles. The number of amidine groups is 1. The van der Waals surface area contributed by atoms with Crippen molar-refractivity contribution < 1.29 is 9.18 Å². The van der Waals surface area contributed by atoms with Gasteiger partial charge in [0.1, 0.15) is 5.82 Å². The molecule has 1 amide bonds. The van der Waals surface area contributed by atoms with Crippen LogP contribution >= 0.6 is 23.4 Å².